The summed E-state index contributed by atoms with van der Waals surface area (Å²) in [7, 11) is 0. The summed E-state index contributed by atoms with van der Waals surface area (Å²) < 4.78 is 5.00. The van der Waals surface area contributed by atoms with E-state index in [1.165, 1.54) is 0 Å². The molecule has 1 aliphatic heterocycles. The summed E-state index contributed by atoms with van der Waals surface area (Å²) in [6.45, 7) is 3.54. The molecule has 78 valence electrons. The number of amides is 2. The average molecular weight is 199 g/mol. The molecule has 2 amide bonds. The fourth-order valence-corrected chi connectivity index (χ4v) is 1.30. The molecule has 1 N–H and O–H groups in total. The Labute approximate surface area is 82.0 Å². The first kappa shape index (κ1) is 10.9. The number of nitrogens with zero attached hydrogens (tertiary/aromatic N) is 1. The van der Waals surface area contributed by atoms with Crippen molar-refractivity contribution in [2.75, 3.05) is 6.61 Å². The lowest BCUT2D eigenvalue weighted by Gasteiger charge is -2.33. The summed E-state index contributed by atoms with van der Waals surface area (Å²) in [6, 6.07) is 0. The van der Waals surface area contributed by atoms with Crippen LogP contribution in [0.15, 0.2) is 12.2 Å². The normalized spacial score (nSPS) is 20.4. The molecule has 0 fully saturated rings. The van der Waals surface area contributed by atoms with Crippen LogP contribution >= 0.6 is 0 Å². The van der Waals surface area contributed by atoms with Crippen LogP contribution in [0.5, 0.6) is 0 Å². The lowest BCUT2D eigenvalue weighted by molar-refractivity contribution is -0.273. The zero-order valence-electron chi connectivity index (χ0n) is 8.19. The number of hydrogen-bond acceptors (Lipinski definition) is 4. The molecule has 1 heterocycles. The van der Waals surface area contributed by atoms with Crippen LogP contribution in [-0.4, -0.2) is 34.3 Å². The smallest absolute Gasteiger partial charge is 0.258 e. The fourth-order valence-electron chi connectivity index (χ4n) is 1.30. The van der Waals surface area contributed by atoms with Gasteiger partial charge in [0.2, 0.25) is 0 Å². The van der Waals surface area contributed by atoms with E-state index in [0.717, 1.165) is 17.1 Å². The Bertz CT molecular complexity index is 269. The number of carbonyl (C=O) groups is 2. The molecule has 5 heteroatoms. The summed E-state index contributed by atoms with van der Waals surface area (Å²) in [6.07, 6.45) is 2.37. The van der Waals surface area contributed by atoms with Crippen molar-refractivity contribution in [1.82, 2.24) is 4.90 Å². The average Bonchev–Trinajstić information content (AvgIpc) is 2.47. The number of rotatable bonds is 4. The van der Waals surface area contributed by atoms with Gasteiger partial charge in [-0.1, -0.05) is 6.92 Å². The standard InChI is InChI=1S/C9H13NO4/c1-3-9(13,14-4-2)10-7(11)5-6-8(10)12/h5-6,13H,3-4H2,1-2H3. The number of ether oxygens (including phenoxy) is 1. The molecule has 0 saturated carbocycles. The Kier molecular flexibility index (Phi) is 3.03. The van der Waals surface area contributed by atoms with Crippen LogP contribution in [0.1, 0.15) is 20.3 Å². The topological polar surface area (TPSA) is 66.8 Å². The van der Waals surface area contributed by atoms with Gasteiger partial charge in [0.25, 0.3) is 17.7 Å². The van der Waals surface area contributed by atoms with Crippen molar-refractivity contribution in [3.63, 3.8) is 0 Å². The van der Waals surface area contributed by atoms with E-state index in [9.17, 15) is 14.7 Å². The Morgan fingerprint density at radius 3 is 2.21 bits per heavy atom. The maximum absolute atomic E-state index is 11.2. The fraction of sp³-hybridized carbons (Fsp3) is 0.556. The third-order valence-electron chi connectivity index (χ3n) is 1.99. The molecule has 0 spiro atoms. The number of carbonyl (C=O) groups excluding carboxylic acids is 2. The molecule has 0 aliphatic carbocycles. The van der Waals surface area contributed by atoms with Crippen LogP contribution in [-0.2, 0) is 14.3 Å². The molecule has 1 unspecified atom stereocenters. The predicted octanol–water partition coefficient (Wildman–Crippen LogP) is 0.00400. The number of aliphatic hydroxyl groups is 1. The van der Waals surface area contributed by atoms with E-state index in [2.05, 4.69) is 0 Å². The Morgan fingerprint density at radius 2 is 1.86 bits per heavy atom. The van der Waals surface area contributed by atoms with Crippen molar-refractivity contribution in [2.24, 2.45) is 0 Å². The highest BCUT2D eigenvalue weighted by molar-refractivity contribution is 6.13. The molecule has 1 rings (SSSR count). The summed E-state index contributed by atoms with van der Waals surface area (Å²) >= 11 is 0. The van der Waals surface area contributed by atoms with E-state index in [0.29, 0.717) is 0 Å². The van der Waals surface area contributed by atoms with E-state index >= 15 is 0 Å². The largest absolute Gasteiger partial charge is 0.348 e. The molecular formula is C9H13NO4. The van der Waals surface area contributed by atoms with Gasteiger partial charge in [0.1, 0.15) is 0 Å². The van der Waals surface area contributed by atoms with Crippen molar-refractivity contribution in [2.45, 2.75) is 26.2 Å². The first-order valence-corrected chi connectivity index (χ1v) is 4.47. The monoisotopic (exact) mass is 199 g/mol. The van der Waals surface area contributed by atoms with Crippen molar-refractivity contribution in [3.05, 3.63) is 12.2 Å². The SMILES string of the molecule is CCOC(O)(CC)N1C(=O)C=CC1=O. The van der Waals surface area contributed by atoms with Gasteiger partial charge < -0.3 is 9.84 Å². The van der Waals surface area contributed by atoms with E-state index in [-0.39, 0.29) is 13.0 Å². The molecule has 1 aliphatic rings. The van der Waals surface area contributed by atoms with Crippen LogP contribution in [0.4, 0.5) is 0 Å². The molecule has 0 aromatic heterocycles. The maximum Gasteiger partial charge on any atom is 0.258 e. The van der Waals surface area contributed by atoms with E-state index < -0.39 is 17.7 Å². The predicted molar refractivity (Wildman–Crippen MR) is 47.9 cm³/mol. The van der Waals surface area contributed by atoms with Gasteiger partial charge in [-0.3, -0.25) is 9.59 Å². The highest BCUT2D eigenvalue weighted by Gasteiger charge is 2.42. The van der Waals surface area contributed by atoms with Crippen LogP contribution in [0.3, 0.4) is 0 Å². The van der Waals surface area contributed by atoms with Crippen molar-refractivity contribution in [1.29, 1.82) is 0 Å². The highest BCUT2D eigenvalue weighted by atomic mass is 16.6. The third-order valence-corrected chi connectivity index (χ3v) is 1.99. The zero-order valence-corrected chi connectivity index (χ0v) is 8.19. The van der Waals surface area contributed by atoms with Gasteiger partial charge in [0.15, 0.2) is 0 Å². The van der Waals surface area contributed by atoms with Gasteiger partial charge in [0, 0.05) is 25.2 Å². The van der Waals surface area contributed by atoms with Crippen molar-refractivity contribution < 1.29 is 19.4 Å². The Morgan fingerprint density at radius 1 is 1.36 bits per heavy atom. The number of hydrogen-bond donors (Lipinski definition) is 1. The van der Waals surface area contributed by atoms with Gasteiger partial charge in [0.05, 0.1) is 0 Å². The highest BCUT2D eigenvalue weighted by Crippen LogP contribution is 2.22. The first-order chi connectivity index (χ1) is 6.55. The summed E-state index contributed by atoms with van der Waals surface area (Å²) in [5, 5.41) is 9.88. The second-order valence-corrected chi connectivity index (χ2v) is 2.87. The Hall–Kier alpha value is -1.20. The molecule has 5 nitrogen and oxygen atoms in total. The van der Waals surface area contributed by atoms with Crippen LogP contribution < -0.4 is 0 Å². The van der Waals surface area contributed by atoms with Gasteiger partial charge >= 0.3 is 0 Å². The molecule has 14 heavy (non-hydrogen) atoms. The van der Waals surface area contributed by atoms with Crippen LogP contribution in [0.25, 0.3) is 0 Å². The minimum Gasteiger partial charge on any atom is -0.348 e. The number of imide groups is 1. The summed E-state index contributed by atoms with van der Waals surface area (Å²) in [5.41, 5.74) is 0. The summed E-state index contributed by atoms with van der Waals surface area (Å²) in [5.74, 6) is -2.91. The maximum atomic E-state index is 11.2. The van der Waals surface area contributed by atoms with Crippen LogP contribution in [0.2, 0.25) is 0 Å². The molecule has 0 aromatic carbocycles. The van der Waals surface area contributed by atoms with Gasteiger partial charge in [-0.15, -0.1) is 0 Å². The minimum atomic E-state index is -1.81. The lowest BCUT2D eigenvalue weighted by Crippen LogP contribution is -2.53. The molecule has 1 atom stereocenters. The molecular weight excluding hydrogens is 186 g/mol. The minimum absolute atomic E-state index is 0.139. The molecule has 0 saturated heterocycles. The Balaban J connectivity index is 2.89. The molecule has 0 aromatic rings. The van der Waals surface area contributed by atoms with E-state index in [1.807, 2.05) is 0 Å². The van der Waals surface area contributed by atoms with Gasteiger partial charge in [-0.05, 0) is 6.92 Å². The van der Waals surface area contributed by atoms with E-state index in [1.54, 1.807) is 13.8 Å². The first-order valence-electron chi connectivity index (χ1n) is 4.47. The lowest BCUT2D eigenvalue weighted by atomic mass is 10.3. The molecule has 0 bridgehead atoms. The zero-order chi connectivity index (χ0) is 10.8. The summed E-state index contributed by atoms with van der Waals surface area (Å²) in [4.78, 5) is 23.2. The quantitative estimate of drug-likeness (QED) is 0.511. The van der Waals surface area contributed by atoms with E-state index in [4.69, 9.17) is 4.74 Å². The van der Waals surface area contributed by atoms with Gasteiger partial charge in [-0.25, -0.2) is 4.90 Å². The van der Waals surface area contributed by atoms with Gasteiger partial charge in [-0.2, -0.15) is 0 Å². The molecule has 0 radical (unpaired) electrons. The van der Waals surface area contributed by atoms with Crippen molar-refractivity contribution in [3.8, 4) is 0 Å². The van der Waals surface area contributed by atoms with Crippen LogP contribution in [0, 0.1) is 0 Å². The second-order valence-electron chi connectivity index (χ2n) is 2.87. The van der Waals surface area contributed by atoms with Crippen molar-refractivity contribution >= 4 is 11.8 Å². The third kappa shape index (κ3) is 1.69. The second kappa shape index (κ2) is 3.89.